The summed E-state index contributed by atoms with van der Waals surface area (Å²) >= 11 is 0. The van der Waals surface area contributed by atoms with Gasteiger partial charge in [-0.15, -0.1) is 0 Å². The van der Waals surface area contributed by atoms with E-state index in [4.69, 9.17) is 4.74 Å². The van der Waals surface area contributed by atoms with E-state index in [0.717, 1.165) is 12.2 Å². The maximum Gasteiger partial charge on any atom is 0.122 e. The minimum absolute atomic E-state index is 0.702. The third-order valence-electron chi connectivity index (χ3n) is 4.08. The number of rotatable bonds is 1. The van der Waals surface area contributed by atoms with E-state index in [1.165, 1.54) is 36.9 Å². The lowest BCUT2D eigenvalue weighted by atomic mass is 9.75. The highest BCUT2D eigenvalue weighted by molar-refractivity contribution is 5.44. The largest absolute Gasteiger partial charge is 0.496 e. The lowest BCUT2D eigenvalue weighted by Crippen LogP contribution is -2.42. The van der Waals surface area contributed by atoms with Crippen molar-refractivity contribution < 1.29 is 4.74 Å². The number of piperidine rings is 1. The van der Waals surface area contributed by atoms with Crippen LogP contribution in [0, 0.1) is 0 Å². The van der Waals surface area contributed by atoms with E-state index in [0.29, 0.717) is 12.0 Å². The second-order valence-electron chi connectivity index (χ2n) is 4.88. The van der Waals surface area contributed by atoms with Gasteiger partial charge in [0.25, 0.3) is 0 Å². The maximum absolute atomic E-state index is 5.47. The molecule has 2 nitrogen and oxygen atoms in total. The van der Waals surface area contributed by atoms with E-state index < -0.39 is 0 Å². The average molecular weight is 217 g/mol. The Labute approximate surface area is 97.0 Å². The number of methoxy groups -OCH3 is 1. The normalized spacial score (nSPS) is 28.1. The molecule has 0 amide bonds. The van der Waals surface area contributed by atoms with Gasteiger partial charge in [0.1, 0.15) is 5.75 Å². The summed E-state index contributed by atoms with van der Waals surface area (Å²) in [4.78, 5) is 0. The summed E-state index contributed by atoms with van der Waals surface area (Å²) in [5.74, 6) is 1.80. The molecule has 2 aliphatic rings. The molecular weight excluding hydrogens is 198 g/mol. The molecular formula is C14H19NO. The second-order valence-corrected chi connectivity index (χ2v) is 4.88. The molecule has 86 valence electrons. The Morgan fingerprint density at radius 3 is 3.12 bits per heavy atom. The van der Waals surface area contributed by atoms with Gasteiger partial charge in [0.05, 0.1) is 7.11 Å². The van der Waals surface area contributed by atoms with E-state index in [9.17, 15) is 0 Å². The number of hydrogen-bond acceptors (Lipinski definition) is 2. The van der Waals surface area contributed by atoms with Crippen molar-refractivity contribution in [1.29, 1.82) is 0 Å². The van der Waals surface area contributed by atoms with Crippen LogP contribution in [0.5, 0.6) is 5.75 Å². The van der Waals surface area contributed by atoms with Crippen LogP contribution in [0.1, 0.15) is 36.3 Å². The van der Waals surface area contributed by atoms with E-state index in [-0.39, 0.29) is 0 Å². The number of ether oxygens (including phenoxy) is 1. The van der Waals surface area contributed by atoms with Gasteiger partial charge in [-0.2, -0.15) is 0 Å². The third kappa shape index (κ3) is 1.52. The zero-order valence-corrected chi connectivity index (χ0v) is 9.83. The van der Waals surface area contributed by atoms with Crippen LogP contribution in [0.15, 0.2) is 18.2 Å². The summed E-state index contributed by atoms with van der Waals surface area (Å²) < 4.78 is 5.47. The summed E-state index contributed by atoms with van der Waals surface area (Å²) in [5, 5.41) is 3.66. The van der Waals surface area contributed by atoms with Crippen molar-refractivity contribution in [3.05, 3.63) is 29.3 Å². The Morgan fingerprint density at radius 2 is 2.25 bits per heavy atom. The fourth-order valence-corrected chi connectivity index (χ4v) is 3.32. The van der Waals surface area contributed by atoms with Gasteiger partial charge < -0.3 is 10.1 Å². The molecule has 1 aromatic carbocycles. The van der Waals surface area contributed by atoms with Gasteiger partial charge >= 0.3 is 0 Å². The van der Waals surface area contributed by atoms with Crippen molar-refractivity contribution >= 4 is 0 Å². The standard InChI is InChI=1S/C14H19NO/c1-16-14-6-2-4-10-11-5-3-9-15-13(11)8-7-12(10)14/h2,4,6,11,13,15H,3,5,7-9H2,1H3. The van der Waals surface area contributed by atoms with E-state index >= 15 is 0 Å². The van der Waals surface area contributed by atoms with Crippen molar-refractivity contribution in [3.63, 3.8) is 0 Å². The molecule has 1 aliphatic heterocycles. The molecule has 2 unspecified atom stereocenters. The number of nitrogens with one attached hydrogen (secondary N) is 1. The monoisotopic (exact) mass is 217 g/mol. The fraction of sp³-hybridized carbons (Fsp3) is 0.571. The van der Waals surface area contributed by atoms with E-state index in [1.54, 1.807) is 7.11 Å². The van der Waals surface area contributed by atoms with Crippen molar-refractivity contribution in [2.45, 2.75) is 37.6 Å². The molecule has 1 fully saturated rings. The van der Waals surface area contributed by atoms with Gasteiger partial charge in [-0.3, -0.25) is 0 Å². The molecule has 1 saturated heterocycles. The summed E-state index contributed by atoms with van der Waals surface area (Å²) in [7, 11) is 1.78. The molecule has 3 rings (SSSR count). The highest BCUT2D eigenvalue weighted by Gasteiger charge is 2.32. The van der Waals surface area contributed by atoms with Crippen LogP contribution in [-0.2, 0) is 6.42 Å². The van der Waals surface area contributed by atoms with Gasteiger partial charge in [-0.1, -0.05) is 12.1 Å². The lowest BCUT2D eigenvalue weighted by molar-refractivity contribution is 0.313. The van der Waals surface area contributed by atoms with Gasteiger partial charge in [0.15, 0.2) is 0 Å². The summed E-state index contributed by atoms with van der Waals surface area (Å²) in [6.07, 6.45) is 5.06. The summed E-state index contributed by atoms with van der Waals surface area (Å²) in [6.45, 7) is 1.19. The van der Waals surface area contributed by atoms with Gasteiger partial charge in [0, 0.05) is 6.04 Å². The molecule has 1 heterocycles. The first-order valence-corrected chi connectivity index (χ1v) is 6.29. The fourth-order valence-electron chi connectivity index (χ4n) is 3.32. The highest BCUT2D eigenvalue weighted by atomic mass is 16.5. The molecule has 0 radical (unpaired) electrons. The smallest absolute Gasteiger partial charge is 0.122 e. The Hall–Kier alpha value is -1.02. The zero-order chi connectivity index (χ0) is 11.0. The molecule has 0 aromatic heterocycles. The minimum atomic E-state index is 0.702. The Kier molecular flexibility index (Phi) is 2.60. The molecule has 0 bridgehead atoms. The number of fused-ring (bicyclic) bond motifs is 3. The first-order chi connectivity index (χ1) is 7.90. The quantitative estimate of drug-likeness (QED) is 0.780. The minimum Gasteiger partial charge on any atom is -0.496 e. The van der Waals surface area contributed by atoms with Crippen molar-refractivity contribution in [3.8, 4) is 5.75 Å². The van der Waals surface area contributed by atoms with Crippen LogP contribution >= 0.6 is 0 Å². The maximum atomic E-state index is 5.47. The van der Waals surface area contributed by atoms with Crippen LogP contribution in [0.2, 0.25) is 0 Å². The lowest BCUT2D eigenvalue weighted by Gasteiger charge is -2.38. The molecule has 1 aliphatic carbocycles. The summed E-state index contributed by atoms with van der Waals surface area (Å²) in [6, 6.07) is 7.22. The molecule has 1 N–H and O–H groups in total. The first-order valence-electron chi connectivity index (χ1n) is 6.29. The molecule has 0 spiro atoms. The first kappa shape index (κ1) is 10.2. The van der Waals surface area contributed by atoms with Gasteiger partial charge in [-0.25, -0.2) is 0 Å². The zero-order valence-electron chi connectivity index (χ0n) is 9.83. The third-order valence-corrected chi connectivity index (χ3v) is 4.08. The number of hydrogen-bond donors (Lipinski definition) is 1. The van der Waals surface area contributed by atoms with Crippen LogP contribution in [0.4, 0.5) is 0 Å². The second kappa shape index (κ2) is 4.10. The predicted octanol–water partition coefficient (Wildman–Crippen LogP) is 2.48. The molecule has 2 heteroatoms. The van der Waals surface area contributed by atoms with Crippen LogP contribution in [0.25, 0.3) is 0 Å². The number of benzene rings is 1. The Bertz CT molecular complexity index is 388. The van der Waals surface area contributed by atoms with E-state index in [2.05, 4.69) is 23.5 Å². The Morgan fingerprint density at radius 1 is 1.31 bits per heavy atom. The molecule has 0 saturated carbocycles. The van der Waals surface area contributed by atoms with Crippen molar-refractivity contribution in [1.82, 2.24) is 5.32 Å². The van der Waals surface area contributed by atoms with Gasteiger partial charge in [-0.05, 0) is 55.3 Å². The summed E-state index contributed by atoms with van der Waals surface area (Å²) in [5.41, 5.74) is 2.98. The molecule has 16 heavy (non-hydrogen) atoms. The molecule has 1 aromatic rings. The van der Waals surface area contributed by atoms with E-state index in [1.807, 2.05) is 0 Å². The Balaban J connectivity index is 2.01. The predicted molar refractivity (Wildman–Crippen MR) is 65.1 cm³/mol. The van der Waals surface area contributed by atoms with Crippen molar-refractivity contribution in [2.24, 2.45) is 0 Å². The average Bonchev–Trinajstić information content (AvgIpc) is 2.37. The van der Waals surface area contributed by atoms with Gasteiger partial charge in [0.2, 0.25) is 0 Å². The van der Waals surface area contributed by atoms with Crippen LogP contribution < -0.4 is 10.1 Å². The van der Waals surface area contributed by atoms with Crippen LogP contribution in [-0.4, -0.2) is 19.7 Å². The van der Waals surface area contributed by atoms with Crippen molar-refractivity contribution in [2.75, 3.05) is 13.7 Å². The topological polar surface area (TPSA) is 21.3 Å². The highest BCUT2D eigenvalue weighted by Crippen LogP contribution is 2.40. The SMILES string of the molecule is COc1cccc2c1CCC1NCCCC21. The van der Waals surface area contributed by atoms with Crippen LogP contribution in [0.3, 0.4) is 0 Å². The molecule has 2 atom stereocenters.